The van der Waals surface area contributed by atoms with Crippen molar-refractivity contribution in [1.82, 2.24) is 9.97 Å². The molecule has 2 aromatic rings. The second-order valence-corrected chi connectivity index (χ2v) is 8.84. The Morgan fingerprint density at radius 3 is 2.58 bits per heavy atom. The van der Waals surface area contributed by atoms with Crippen molar-refractivity contribution in [3.63, 3.8) is 0 Å². The van der Waals surface area contributed by atoms with Crippen molar-refractivity contribution in [3.05, 3.63) is 27.6 Å². The highest BCUT2D eigenvalue weighted by Crippen LogP contribution is 2.60. The average molecular weight is 344 g/mol. The maximum absolute atomic E-state index is 12.8. The number of ether oxygens (including phenoxy) is 1. The van der Waals surface area contributed by atoms with Crippen LogP contribution < -0.4 is 5.56 Å². The van der Waals surface area contributed by atoms with Gasteiger partial charge in [0, 0.05) is 0 Å². The first-order chi connectivity index (χ1) is 11.6. The molecule has 24 heavy (non-hydrogen) atoms. The van der Waals surface area contributed by atoms with Crippen LogP contribution >= 0.6 is 11.3 Å². The molecule has 0 amide bonds. The molecule has 5 nitrogen and oxygen atoms in total. The number of aromatic amines is 1. The maximum atomic E-state index is 12.8. The minimum absolute atomic E-state index is 0.0572. The van der Waals surface area contributed by atoms with Gasteiger partial charge in [-0.25, -0.2) is 4.98 Å². The normalized spacial score (nSPS) is 33.9. The Kier molecular flexibility index (Phi) is 3.14. The number of hydrogen-bond acceptors (Lipinski definition) is 5. The van der Waals surface area contributed by atoms with Crippen molar-refractivity contribution in [2.24, 2.45) is 23.2 Å². The lowest BCUT2D eigenvalue weighted by Gasteiger charge is -2.55. The predicted octanol–water partition coefficient (Wildman–Crippen LogP) is 3.24. The molecule has 6 rings (SSSR count). The predicted molar refractivity (Wildman–Crippen MR) is 90.6 cm³/mol. The molecule has 2 aromatic heterocycles. The summed E-state index contributed by atoms with van der Waals surface area (Å²) in [6, 6.07) is 1.82. The molecule has 0 aliphatic heterocycles. The van der Waals surface area contributed by atoms with E-state index in [1.807, 2.05) is 11.4 Å². The SMILES string of the molecule is O=C(OCc1nc2ccsc2c(=O)[nH]1)C12CC3CC(CC(C3)C1)C2. The summed E-state index contributed by atoms with van der Waals surface area (Å²) in [5, 5.41) is 1.85. The highest BCUT2D eigenvalue weighted by atomic mass is 32.1. The third-order valence-corrected chi connectivity index (χ3v) is 7.08. The van der Waals surface area contributed by atoms with Gasteiger partial charge in [0.2, 0.25) is 0 Å². The molecule has 4 fully saturated rings. The summed E-state index contributed by atoms with van der Waals surface area (Å²) in [4.78, 5) is 32.0. The van der Waals surface area contributed by atoms with Crippen molar-refractivity contribution in [3.8, 4) is 0 Å². The van der Waals surface area contributed by atoms with Crippen LogP contribution in [0, 0.1) is 23.2 Å². The summed E-state index contributed by atoms with van der Waals surface area (Å²) >= 11 is 1.37. The first-order valence-electron chi connectivity index (χ1n) is 8.75. The number of nitrogens with zero attached hydrogens (tertiary/aromatic N) is 1. The zero-order valence-corrected chi connectivity index (χ0v) is 14.2. The number of fused-ring (bicyclic) bond motifs is 1. The van der Waals surface area contributed by atoms with Gasteiger partial charge in [0.05, 0.1) is 10.9 Å². The van der Waals surface area contributed by atoms with E-state index in [9.17, 15) is 9.59 Å². The van der Waals surface area contributed by atoms with Gasteiger partial charge in [0.1, 0.15) is 17.1 Å². The molecule has 2 heterocycles. The monoisotopic (exact) mass is 344 g/mol. The molecule has 0 unspecified atom stereocenters. The fourth-order valence-electron chi connectivity index (χ4n) is 5.64. The molecule has 0 radical (unpaired) electrons. The summed E-state index contributed by atoms with van der Waals surface area (Å²) in [7, 11) is 0. The van der Waals surface area contributed by atoms with Gasteiger partial charge < -0.3 is 9.72 Å². The minimum atomic E-state index is -0.262. The van der Waals surface area contributed by atoms with Crippen LogP contribution in [0.2, 0.25) is 0 Å². The van der Waals surface area contributed by atoms with E-state index in [-0.39, 0.29) is 23.6 Å². The van der Waals surface area contributed by atoms with E-state index >= 15 is 0 Å². The topological polar surface area (TPSA) is 72.0 Å². The Morgan fingerprint density at radius 2 is 1.92 bits per heavy atom. The van der Waals surface area contributed by atoms with Gasteiger partial charge in [0.15, 0.2) is 0 Å². The lowest BCUT2D eigenvalue weighted by Crippen LogP contribution is -2.50. The van der Waals surface area contributed by atoms with Crippen molar-refractivity contribution in [1.29, 1.82) is 0 Å². The molecule has 4 bridgehead atoms. The molecule has 4 aliphatic carbocycles. The van der Waals surface area contributed by atoms with Crippen LogP contribution in [0.25, 0.3) is 10.2 Å². The fraction of sp³-hybridized carbons (Fsp3) is 0.611. The number of nitrogens with one attached hydrogen (secondary N) is 1. The second-order valence-electron chi connectivity index (χ2n) is 7.92. The van der Waals surface area contributed by atoms with E-state index in [1.165, 1.54) is 30.6 Å². The van der Waals surface area contributed by atoms with Crippen LogP contribution in [0.1, 0.15) is 44.3 Å². The number of esters is 1. The van der Waals surface area contributed by atoms with Crippen molar-refractivity contribution >= 4 is 27.5 Å². The van der Waals surface area contributed by atoms with Crippen LogP contribution in [0.15, 0.2) is 16.2 Å². The van der Waals surface area contributed by atoms with E-state index in [1.54, 1.807) is 0 Å². The Balaban J connectivity index is 1.34. The Morgan fingerprint density at radius 1 is 1.25 bits per heavy atom. The summed E-state index contributed by atoms with van der Waals surface area (Å²) in [5.74, 6) is 2.50. The largest absolute Gasteiger partial charge is 0.457 e. The lowest BCUT2D eigenvalue weighted by atomic mass is 9.49. The molecular formula is C18H20N2O3S. The van der Waals surface area contributed by atoms with Gasteiger partial charge in [-0.15, -0.1) is 11.3 Å². The maximum Gasteiger partial charge on any atom is 0.312 e. The van der Waals surface area contributed by atoms with Gasteiger partial charge in [-0.2, -0.15) is 0 Å². The summed E-state index contributed by atoms with van der Waals surface area (Å²) in [6.45, 7) is 0.0572. The zero-order chi connectivity index (χ0) is 16.3. The van der Waals surface area contributed by atoms with Gasteiger partial charge in [-0.3, -0.25) is 9.59 Å². The Labute approximate surface area is 143 Å². The molecule has 4 aliphatic rings. The van der Waals surface area contributed by atoms with Gasteiger partial charge in [-0.1, -0.05) is 0 Å². The van der Waals surface area contributed by atoms with Crippen LogP contribution in [0.5, 0.6) is 0 Å². The van der Waals surface area contributed by atoms with Crippen LogP contribution in [0.3, 0.4) is 0 Å². The molecular weight excluding hydrogens is 324 g/mol. The highest BCUT2D eigenvalue weighted by Gasteiger charge is 2.55. The number of aromatic nitrogens is 2. The Bertz CT molecular complexity index is 833. The third-order valence-electron chi connectivity index (χ3n) is 6.18. The van der Waals surface area contributed by atoms with E-state index in [4.69, 9.17) is 4.74 Å². The van der Waals surface area contributed by atoms with Gasteiger partial charge >= 0.3 is 5.97 Å². The summed E-state index contributed by atoms with van der Waals surface area (Å²) in [6.07, 6.45) is 6.88. The van der Waals surface area contributed by atoms with Crippen LogP contribution in [-0.2, 0) is 16.1 Å². The van der Waals surface area contributed by atoms with E-state index in [0.717, 1.165) is 19.3 Å². The van der Waals surface area contributed by atoms with E-state index in [0.29, 0.717) is 33.8 Å². The summed E-state index contributed by atoms with van der Waals surface area (Å²) in [5.41, 5.74) is 0.252. The van der Waals surface area contributed by atoms with Gasteiger partial charge in [-0.05, 0) is 67.7 Å². The standard InChI is InChI=1S/C18H20N2O3S/c21-16-15-13(1-2-24-15)19-14(20-16)9-23-17(22)18-6-10-3-11(7-18)5-12(4-10)8-18/h1-2,10-12H,3-9H2,(H,19,20,21). The lowest BCUT2D eigenvalue weighted by molar-refractivity contribution is -0.173. The number of thiophene rings is 1. The first kappa shape index (κ1) is 14.6. The van der Waals surface area contributed by atoms with Gasteiger partial charge in [0.25, 0.3) is 5.56 Å². The molecule has 0 atom stereocenters. The number of H-pyrrole nitrogens is 1. The Hall–Kier alpha value is -1.69. The zero-order valence-electron chi connectivity index (χ0n) is 13.4. The number of carbonyl (C=O) groups is 1. The number of hydrogen-bond donors (Lipinski definition) is 1. The second kappa shape index (κ2) is 5.15. The number of carbonyl (C=O) groups excluding carboxylic acids is 1. The summed E-state index contributed by atoms with van der Waals surface area (Å²) < 4.78 is 6.24. The van der Waals surface area contributed by atoms with Crippen molar-refractivity contribution < 1.29 is 9.53 Å². The van der Waals surface area contributed by atoms with E-state index < -0.39 is 0 Å². The smallest absolute Gasteiger partial charge is 0.312 e. The van der Waals surface area contributed by atoms with Crippen LogP contribution in [0.4, 0.5) is 0 Å². The molecule has 4 saturated carbocycles. The number of rotatable bonds is 3. The minimum Gasteiger partial charge on any atom is -0.457 e. The molecule has 0 saturated heterocycles. The molecule has 0 aromatic carbocycles. The van der Waals surface area contributed by atoms with Crippen LogP contribution in [-0.4, -0.2) is 15.9 Å². The molecule has 126 valence electrons. The third kappa shape index (κ3) is 2.23. The fourth-order valence-corrected chi connectivity index (χ4v) is 6.36. The molecule has 6 heteroatoms. The molecule has 0 spiro atoms. The quantitative estimate of drug-likeness (QED) is 0.868. The van der Waals surface area contributed by atoms with Crippen molar-refractivity contribution in [2.75, 3.05) is 0 Å². The molecule has 1 N–H and O–H groups in total. The average Bonchev–Trinajstić information content (AvgIpc) is 3.00. The van der Waals surface area contributed by atoms with E-state index in [2.05, 4.69) is 9.97 Å². The first-order valence-corrected chi connectivity index (χ1v) is 9.63. The van der Waals surface area contributed by atoms with Crippen molar-refractivity contribution in [2.45, 2.75) is 45.1 Å². The highest BCUT2D eigenvalue weighted by molar-refractivity contribution is 7.17.